The Morgan fingerprint density at radius 1 is 0.964 bits per heavy atom. The van der Waals surface area contributed by atoms with Crippen LogP contribution in [0.1, 0.15) is 47.6 Å². The van der Waals surface area contributed by atoms with Crippen molar-refractivity contribution in [3.63, 3.8) is 0 Å². The van der Waals surface area contributed by atoms with Crippen molar-refractivity contribution < 1.29 is 19.5 Å². The van der Waals surface area contributed by atoms with E-state index in [9.17, 15) is 14.4 Å². The van der Waals surface area contributed by atoms with Crippen molar-refractivity contribution >= 4 is 17.8 Å². The number of benzene rings is 2. The van der Waals surface area contributed by atoms with Gasteiger partial charge in [-0.15, -0.1) is 0 Å². The molecule has 0 radical (unpaired) electrons. The van der Waals surface area contributed by atoms with Crippen LogP contribution >= 0.6 is 0 Å². The van der Waals surface area contributed by atoms with Crippen LogP contribution in [-0.2, 0) is 9.59 Å². The van der Waals surface area contributed by atoms with Gasteiger partial charge in [-0.3, -0.25) is 14.4 Å². The predicted molar refractivity (Wildman–Crippen MR) is 105 cm³/mol. The van der Waals surface area contributed by atoms with Crippen LogP contribution < -0.4 is 10.6 Å². The van der Waals surface area contributed by atoms with Crippen LogP contribution in [0.3, 0.4) is 0 Å². The number of hydrogen-bond donors (Lipinski definition) is 3. The van der Waals surface area contributed by atoms with Gasteiger partial charge in [0.05, 0.1) is 18.4 Å². The lowest BCUT2D eigenvalue weighted by atomic mass is 10.0. The Kier molecular flexibility index (Phi) is 6.42. The lowest BCUT2D eigenvalue weighted by molar-refractivity contribution is -0.141. The summed E-state index contributed by atoms with van der Waals surface area (Å²) in [5.74, 6) is -1.64. The molecule has 2 aromatic carbocycles. The molecule has 3 rings (SSSR count). The minimum Gasteiger partial charge on any atom is -0.481 e. The maximum Gasteiger partial charge on any atom is 0.306 e. The van der Waals surface area contributed by atoms with Crippen LogP contribution in [0.5, 0.6) is 0 Å². The van der Waals surface area contributed by atoms with E-state index in [4.69, 9.17) is 5.11 Å². The number of aliphatic carboxylic acids is 1. The molecule has 0 aromatic heterocycles. The zero-order valence-electron chi connectivity index (χ0n) is 15.5. The van der Waals surface area contributed by atoms with Gasteiger partial charge in [0.1, 0.15) is 0 Å². The molecule has 1 fully saturated rings. The highest BCUT2D eigenvalue weighted by Gasteiger charge is 2.31. The lowest BCUT2D eigenvalue weighted by Crippen LogP contribution is -2.37. The molecule has 28 heavy (non-hydrogen) atoms. The molecule has 0 aliphatic heterocycles. The maximum absolute atomic E-state index is 12.6. The average molecular weight is 380 g/mol. The molecule has 3 N–H and O–H groups in total. The van der Waals surface area contributed by atoms with E-state index >= 15 is 0 Å². The van der Waals surface area contributed by atoms with Gasteiger partial charge in [0.25, 0.3) is 5.91 Å². The average Bonchev–Trinajstić information content (AvgIpc) is 3.17. The monoisotopic (exact) mass is 380 g/mol. The lowest BCUT2D eigenvalue weighted by Gasteiger charge is -2.20. The van der Waals surface area contributed by atoms with E-state index in [2.05, 4.69) is 10.6 Å². The molecule has 0 saturated heterocycles. The van der Waals surface area contributed by atoms with Crippen LogP contribution in [0, 0.1) is 5.92 Å². The van der Waals surface area contributed by atoms with E-state index in [0.29, 0.717) is 24.8 Å². The van der Waals surface area contributed by atoms with Gasteiger partial charge >= 0.3 is 5.97 Å². The Hall–Kier alpha value is -3.15. The van der Waals surface area contributed by atoms with Crippen molar-refractivity contribution in [2.24, 2.45) is 5.92 Å². The number of carbonyl (C=O) groups excluding carboxylic acids is 2. The van der Waals surface area contributed by atoms with E-state index in [1.54, 1.807) is 24.3 Å². The molecular weight excluding hydrogens is 356 g/mol. The zero-order valence-corrected chi connectivity index (χ0v) is 15.5. The molecule has 146 valence electrons. The molecule has 2 amide bonds. The van der Waals surface area contributed by atoms with Crippen LogP contribution in [0.2, 0.25) is 0 Å². The SMILES string of the molecule is O=C(CC(NC(=O)c1ccccc1)c1ccccc1)N[C@@H]1CC[C@H](C(=O)O)C1. The minimum absolute atomic E-state index is 0.0941. The predicted octanol–water partition coefficient (Wildman–Crippen LogP) is 2.92. The summed E-state index contributed by atoms with van der Waals surface area (Å²) in [4.78, 5) is 36.2. The maximum atomic E-state index is 12.6. The van der Waals surface area contributed by atoms with Gasteiger partial charge < -0.3 is 15.7 Å². The van der Waals surface area contributed by atoms with Gasteiger partial charge in [0.15, 0.2) is 0 Å². The first kappa shape index (κ1) is 19.6. The van der Waals surface area contributed by atoms with Crippen molar-refractivity contribution in [2.75, 3.05) is 0 Å². The number of hydrogen-bond acceptors (Lipinski definition) is 3. The van der Waals surface area contributed by atoms with Crippen LogP contribution in [-0.4, -0.2) is 28.9 Å². The van der Waals surface area contributed by atoms with Gasteiger partial charge in [-0.25, -0.2) is 0 Å². The third-order valence-corrected chi connectivity index (χ3v) is 5.08. The van der Waals surface area contributed by atoms with Gasteiger partial charge in [0, 0.05) is 11.6 Å². The van der Waals surface area contributed by atoms with E-state index in [1.807, 2.05) is 36.4 Å². The summed E-state index contributed by atoms with van der Waals surface area (Å²) in [6.07, 6.45) is 1.78. The van der Waals surface area contributed by atoms with Crippen molar-refractivity contribution in [1.29, 1.82) is 0 Å². The Labute approximate surface area is 164 Å². The molecule has 1 unspecified atom stereocenters. The second kappa shape index (κ2) is 9.17. The Morgan fingerprint density at radius 3 is 2.21 bits per heavy atom. The van der Waals surface area contributed by atoms with E-state index in [1.165, 1.54) is 0 Å². The van der Waals surface area contributed by atoms with Crippen LogP contribution in [0.15, 0.2) is 60.7 Å². The van der Waals surface area contributed by atoms with Crippen molar-refractivity contribution in [1.82, 2.24) is 10.6 Å². The van der Waals surface area contributed by atoms with Crippen molar-refractivity contribution in [3.8, 4) is 0 Å². The summed E-state index contributed by atoms with van der Waals surface area (Å²) in [6.45, 7) is 0. The number of carboxylic acids is 1. The van der Waals surface area contributed by atoms with Gasteiger partial charge in [0.2, 0.25) is 5.91 Å². The Balaban J connectivity index is 1.65. The van der Waals surface area contributed by atoms with Gasteiger partial charge in [-0.2, -0.15) is 0 Å². The molecule has 1 aliphatic rings. The Morgan fingerprint density at radius 2 is 1.61 bits per heavy atom. The largest absolute Gasteiger partial charge is 0.481 e. The van der Waals surface area contributed by atoms with Crippen molar-refractivity contribution in [2.45, 2.75) is 37.8 Å². The van der Waals surface area contributed by atoms with Crippen LogP contribution in [0.4, 0.5) is 0 Å². The number of amides is 2. The highest BCUT2D eigenvalue weighted by molar-refractivity contribution is 5.94. The first-order valence-electron chi connectivity index (χ1n) is 9.46. The second-order valence-electron chi connectivity index (χ2n) is 7.12. The Bertz CT molecular complexity index is 823. The molecule has 2 aromatic rings. The standard InChI is InChI=1S/C22H24N2O4/c25-20(23-18-12-11-17(13-18)22(27)28)14-19(15-7-3-1-4-8-15)24-21(26)16-9-5-2-6-10-16/h1-10,17-19H,11-14H2,(H,23,25)(H,24,26)(H,27,28)/t17-,18+,19?/m0/s1. The molecule has 0 heterocycles. The minimum atomic E-state index is -0.811. The highest BCUT2D eigenvalue weighted by Crippen LogP contribution is 2.26. The molecule has 0 bridgehead atoms. The van der Waals surface area contributed by atoms with Crippen molar-refractivity contribution in [3.05, 3.63) is 71.8 Å². The first-order valence-corrected chi connectivity index (χ1v) is 9.46. The molecule has 1 saturated carbocycles. The fraction of sp³-hybridized carbons (Fsp3) is 0.318. The number of rotatable bonds is 7. The molecule has 0 spiro atoms. The number of nitrogens with one attached hydrogen (secondary N) is 2. The summed E-state index contributed by atoms with van der Waals surface area (Å²) in [5, 5.41) is 15.0. The van der Waals surface area contributed by atoms with Gasteiger partial charge in [-0.1, -0.05) is 48.5 Å². The fourth-order valence-corrected chi connectivity index (χ4v) is 3.58. The summed E-state index contributed by atoms with van der Waals surface area (Å²) in [6, 6.07) is 17.6. The van der Waals surface area contributed by atoms with E-state index in [0.717, 1.165) is 5.56 Å². The fourth-order valence-electron chi connectivity index (χ4n) is 3.58. The van der Waals surface area contributed by atoms with Gasteiger partial charge in [-0.05, 0) is 37.0 Å². The summed E-state index contributed by atoms with van der Waals surface area (Å²) >= 11 is 0. The molecule has 6 nitrogen and oxygen atoms in total. The number of carbonyl (C=O) groups is 3. The number of carboxylic acid groups (broad SMARTS) is 1. The third kappa shape index (κ3) is 5.19. The smallest absolute Gasteiger partial charge is 0.306 e. The van der Waals surface area contributed by atoms with E-state index in [-0.39, 0.29) is 24.3 Å². The zero-order chi connectivity index (χ0) is 19.9. The molecule has 3 atom stereocenters. The quantitative estimate of drug-likeness (QED) is 0.688. The summed E-state index contributed by atoms with van der Waals surface area (Å²) in [7, 11) is 0. The second-order valence-corrected chi connectivity index (χ2v) is 7.12. The summed E-state index contributed by atoms with van der Waals surface area (Å²) < 4.78 is 0. The summed E-state index contributed by atoms with van der Waals surface area (Å²) in [5.41, 5.74) is 1.38. The van der Waals surface area contributed by atoms with Crippen LogP contribution in [0.25, 0.3) is 0 Å². The molecule has 6 heteroatoms. The molecule has 1 aliphatic carbocycles. The first-order chi connectivity index (χ1) is 13.5. The highest BCUT2D eigenvalue weighted by atomic mass is 16.4. The third-order valence-electron chi connectivity index (χ3n) is 5.08. The molecular formula is C22H24N2O4. The topological polar surface area (TPSA) is 95.5 Å². The van der Waals surface area contributed by atoms with E-state index < -0.39 is 17.9 Å². The normalized spacial score (nSPS) is 19.6.